The molecule has 1 aliphatic carbocycles. The van der Waals surface area contributed by atoms with E-state index in [9.17, 15) is 9.70 Å². The molecule has 72 valence electrons. The van der Waals surface area contributed by atoms with E-state index >= 15 is 0 Å². The van der Waals surface area contributed by atoms with Gasteiger partial charge in [-0.05, 0) is 19.8 Å². The molecule has 2 atom stereocenters. The Hall–Kier alpha value is -0.930. The maximum atomic E-state index is 11.7. The van der Waals surface area contributed by atoms with Crippen LogP contribution in [0.3, 0.4) is 0 Å². The van der Waals surface area contributed by atoms with E-state index < -0.39 is 0 Å². The molecule has 4 nitrogen and oxygen atoms in total. The fourth-order valence-corrected chi connectivity index (χ4v) is 2.82. The minimum absolute atomic E-state index is 0.00444. The molecule has 1 amide bonds. The summed E-state index contributed by atoms with van der Waals surface area (Å²) in [5, 5.41) is 4.01. The van der Waals surface area contributed by atoms with Crippen molar-refractivity contribution in [3.05, 3.63) is 4.91 Å². The molecule has 0 radical (unpaired) electrons. The SMILES string of the molecule is CC1(C)[C@@H]2CC[C@]1(C)N(N=O)C2=O. The molecule has 2 rings (SSSR count). The topological polar surface area (TPSA) is 49.7 Å². The number of nitroso groups, excluding NO2 is 1. The lowest BCUT2D eigenvalue weighted by molar-refractivity contribution is -0.136. The summed E-state index contributed by atoms with van der Waals surface area (Å²) >= 11 is 0. The van der Waals surface area contributed by atoms with Crippen molar-refractivity contribution in [2.75, 3.05) is 0 Å². The van der Waals surface area contributed by atoms with Crippen molar-refractivity contribution in [3.63, 3.8) is 0 Å². The van der Waals surface area contributed by atoms with E-state index in [0.717, 1.165) is 17.9 Å². The minimum atomic E-state index is -0.351. The molecule has 0 spiro atoms. The standard InChI is InChI=1S/C9H14N2O2/c1-8(2)6-4-5-9(8,3)11(10-13)7(6)12/h6H,4-5H2,1-3H3/t6-,9+/m1/s1. The molecular weight excluding hydrogens is 168 g/mol. The third kappa shape index (κ3) is 0.700. The van der Waals surface area contributed by atoms with Gasteiger partial charge in [-0.15, -0.1) is 4.91 Å². The number of piperidine rings is 1. The molecule has 2 aliphatic rings. The summed E-state index contributed by atoms with van der Waals surface area (Å²) in [5.41, 5.74) is -0.464. The highest BCUT2D eigenvalue weighted by Gasteiger charge is 2.66. The number of fused-ring (bicyclic) bond motifs is 2. The maximum Gasteiger partial charge on any atom is 0.249 e. The predicted octanol–water partition coefficient (Wildman–Crippen LogP) is 1.70. The van der Waals surface area contributed by atoms with E-state index in [0.29, 0.717) is 0 Å². The van der Waals surface area contributed by atoms with Crippen molar-refractivity contribution < 1.29 is 4.79 Å². The van der Waals surface area contributed by atoms with Gasteiger partial charge < -0.3 is 0 Å². The van der Waals surface area contributed by atoms with Crippen molar-refractivity contribution in [2.24, 2.45) is 16.6 Å². The number of hydrogen-bond donors (Lipinski definition) is 0. The molecule has 0 unspecified atom stereocenters. The zero-order chi connectivity index (χ0) is 9.85. The van der Waals surface area contributed by atoms with Gasteiger partial charge >= 0.3 is 0 Å². The van der Waals surface area contributed by atoms with Gasteiger partial charge in [-0.3, -0.25) is 4.79 Å². The summed E-state index contributed by atoms with van der Waals surface area (Å²) in [5.74, 6) is -0.0936. The lowest BCUT2D eigenvalue weighted by Crippen LogP contribution is -2.45. The van der Waals surface area contributed by atoms with Crippen LogP contribution in [0, 0.1) is 16.2 Å². The quantitative estimate of drug-likeness (QED) is 0.579. The van der Waals surface area contributed by atoms with Gasteiger partial charge in [-0.25, -0.2) is 0 Å². The second-order valence-electron chi connectivity index (χ2n) is 4.82. The Morgan fingerprint density at radius 2 is 2.08 bits per heavy atom. The second kappa shape index (κ2) is 2.11. The summed E-state index contributed by atoms with van der Waals surface area (Å²) in [4.78, 5) is 22.2. The molecule has 1 aliphatic heterocycles. The van der Waals surface area contributed by atoms with E-state index in [-0.39, 0.29) is 22.8 Å². The summed E-state index contributed by atoms with van der Waals surface area (Å²) in [6.45, 7) is 6.06. The van der Waals surface area contributed by atoms with Gasteiger partial charge in [0.1, 0.15) is 0 Å². The first-order chi connectivity index (χ1) is 5.95. The summed E-state index contributed by atoms with van der Waals surface area (Å²) < 4.78 is 0. The first-order valence-electron chi connectivity index (χ1n) is 4.62. The highest BCUT2D eigenvalue weighted by molar-refractivity contribution is 5.84. The lowest BCUT2D eigenvalue weighted by atomic mass is 9.75. The van der Waals surface area contributed by atoms with E-state index in [4.69, 9.17) is 0 Å². The van der Waals surface area contributed by atoms with Gasteiger partial charge in [-0.1, -0.05) is 13.8 Å². The highest BCUT2D eigenvalue weighted by Crippen LogP contribution is 2.59. The lowest BCUT2D eigenvalue weighted by Gasteiger charge is -2.35. The first-order valence-corrected chi connectivity index (χ1v) is 4.62. The minimum Gasteiger partial charge on any atom is -0.272 e. The number of hydrogen-bond acceptors (Lipinski definition) is 3. The van der Waals surface area contributed by atoms with E-state index in [1.807, 2.05) is 20.8 Å². The number of carbonyl (C=O) groups is 1. The zero-order valence-corrected chi connectivity index (χ0v) is 8.20. The molecular formula is C9H14N2O2. The van der Waals surface area contributed by atoms with E-state index in [1.165, 1.54) is 0 Å². The normalized spacial score (nSPS) is 41.3. The van der Waals surface area contributed by atoms with Crippen molar-refractivity contribution >= 4 is 5.91 Å². The van der Waals surface area contributed by atoms with Crippen molar-refractivity contribution in [3.8, 4) is 0 Å². The first kappa shape index (κ1) is 8.66. The van der Waals surface area contributed by atoms with Crippen LogP contribution in [0.2, 0.25) is 0 Å². The monoisotopic (exact) mass is 182 g/mol. The molecule has 13 heavy (non-hydrogen) atoms. The van der Waals surface area contributed by atoms with Crippen LogP contribution >= 0.6 is 0 Å². The van der Waals surface area contributed by atoms with Crippen molar-refractivity contribution in [1.29, 1.82) is 0 Å². The van der Waals surface area contributed by atoms with Gasteiger partial charge in [0.25, 0.3) is 0 Å². The highest BCUT2D eigenvalue weighted by atomic mass is 16.3. The Balaban J connectivity index is 2.51. The average Bonchev–Trinajstić information content (AvgIpc) is 2.32. The fraction of sp³-hybridized carbons (Fsp3) is 0.889. The average molecular weight is 182 g/mol. The van der Waals surface area contributed by atoms with Gasteiger partial charge in [0.05, 0.1) is 10.8 Å². The fourth-order valence-electron chi connectivity index (χ4n) is 2.82. The maximum absolute atomic E-state index is 11.7. The summed E-state index contributed by atoms with van der Waals surface area (Å²) in [7, 11) is 0. The Morgan fingerprint density at radius 1 is 1.46 bits per heavy atom. The summed E-state index contributed by atoms with van der Waals surface area (Å²) in [6, 6.07) is 0. The van der Waals surface area contributed by atoms with Crippen molar-refractivity contribution in [1.82, 2.24) is 5.01 Å². The predicted molar refractivity (Wildman–Crippen MR) is 47.6 cm³/mol. The van der Waals surface area contributed by atoms with Crippen molar-refractivity contribution in [2.45, 2.75) is 39.2 Å². The Morgan fingerprint density at radius 3 is 2.38 bits per heavy atom. The second-order valence-corrected chi connectivity index (χ2v) is 4.82. The smallest absolute Gasteiger partial charge is 0.249 e. The number of rotatable bonds is 1. The third-order valence-corrected chi connectivity index (χ3v) is 4.24. The number of nitrogens with zero attached hydrogens (tertiary/aromatic N) is 2. The molecule has 4 heteroatoms. The van der Waals surface area contributed by atoms with Crippen LogP contribution in [-0.4, -0.2) is 16.5 Å². The van der Waals surface area contributed by atoms with Crippen LogP contribution in [0.15, 0.2) is 5.29 Å². The third-order valence-electron chi connectivity index (χ3n) is 4.24. The number of amides is 1. The van der Waals surface area contributed by atoms with E-state index in [2.05, 4.69) is 5.29 Å². The Kier molecular flexibility index (Phi) is 1.40. The van der Waals surface area contributed by atoms with Gasteiger partial charge in [0.15, 0.2) is 0 Å². The molecule has 0 aromatic carbocycles. The molecule has 1 saturated heterocycles. The zero-order valence-electron chi connectivity index (χ0n) is 8.20. The van der Waals surface area contributed by atoms with Crippen LogP contribution in [0.4, 0.5) is 0 Å². The van der Waals surface area contributed by atoms with Crippen LogP contribution in [0.5, 0.6) is 0 Å². The molecule has 2 fully saturated rings. The van der Waals surface area contributed by atoms with Crippen LogP contribution in [0.1, 0.15) is 33.6 Å². The summed E-state index contributed by atoms with van der Waals surface area (Å²) in [6.07, 6.45) is 1.79. The molecule has 0 N–H and O–H groups in total. The van der Waals surface area contributed by atoms with Gasteiger partial charge in [0.2, 0.25) is 5.91 Å². The van der Waals surface area contributed by atoms with Crippen LogP contribution in [-0.2, 0) is 4.79 Å². The van der Waals surface area contributed by atoms with Gasteiger partial charge in [-0.2, -0.15) is 5.01 Å². The molecule has 0 aromatic heterocycles. The molecule has 1 saturated carbocycles. The molecule has 0 aromatic rings. The Bertz CT molecular complexity index is 287. The molecule has 2 bridgehead atoms. The number of carbonyl (C=O) groups excluding carboxylic acids is 1. The molecule has 1 heterocycles. The van der Waals surface area contributed by atoms with Crippen LogP contribution < -0.4 is 0 Å². The largest absolute Gasteiger partial charge is 0.272 e. The van der Waals surface area contributed by atoms with Gasteiger partial charge in [0, 0.05) is 11.3 Å². The Labute approximate surface area is 77.2 Å². The van der Waals surface area contributed by atoms with E-state index in [1.54, 1.807) is 0 Å². The van der Waals surface area contributed by atoms with Crippen LogP contribution in [0.25, 0.3) is 0 Å².